The van der Waals surface area contributed by atoms with E-state index in [1.54, 1.807) is 25.3 Å². The summed E-state index contributed by atoms with van der Waals surface area (Å²) in [6.07, 6.45) is 0. The lowest BCUT2D eigenvalue weighted by atomic mass is 10.1. The van der Waals surface area contributed by atoms with Gasteiger partial charge in [-0.05, 0) is 17.7 Å². The Morgan fingerprint density at radius 2 is 1.84 bits per heavy atom. The first-order valence-electron chi connectivity index (χ1n) is 8.12. The topological polar surface area (TPSA) is 59.6 Å². The molecule has 2 rings (SSSR count). The summed E-state index contributed by atoms with van der Waals surface area (Å²) in [5, 5.41) is 5.90. The van der Waals surface area contributed by atoms with Crippen molar-refractivity contribution >= 4 is 5.91 Å². The van der Waals surface area contributed by atoms with Crippen LogP contribution in [0.2, 0.25) is 0 Å². The van der Waals surface area contributed by atoms with Gasteiger partial charge in [0.15, 0.2) is 11.6 Å². The summed E-state index contributed by atoms with van der Waals surface area (Å²) < 4.78 is 24.2. The molecular weight excluding hydrogens is 323 g/mol. The van der Waals surface area contributed by atoms with Gasteiger partial charge in [0.25, 0.3) is 0 Å². The normalized spacial score (nSPS) is 11.8. The van der Waals surface area contributed by atoms with Gasteiger partial charge in [0.05, 0.1) is 19.2 Å². The van der Waals surface area contributed by atoms with Crippen LogP contribution in [-0.4, -0.2) is 39.3 Å². The molecule has 0 spiro atoms. The zero-order valence-corrected chi connectivity index (χ0v) is 14.2. The van der Waals surface area contributed by atoms with Crippen molar-refractivity contribution in [3.63, 3.8) is 0 Å². The second-order valence-corrected chi connectivity index (χ2v) is 5.44. The molecule has 0 saturated heterocycles. The maximum absolute atomic E-state index is 13.7. The van der Waals surface area contributed by atoms with Crippen LogP contribution < -0.4 is 15.4 Å². The minimum absolute atomic E-state index is 0.134. The van der Waals surface area contributed by atoms with Crippen LogP contribution in [0.1, 0.15) is 11.6 Å². The number of hydrogen-bond donors (Lipinski definition) is 2. The molecule has 5 nitrogen and oxygen atoms in total. The Kier molecular flexibility index (Phi) is 7.88. The Morgan fingerprint density at radius 3 is 2.56 bits per heavy atom. The molecule has 0 radical (unpaired) electrons. The number of methoxy groups -OCH3 is 1. The van der Waals surface area contributed by atoms with Crippen molar-refractivity contribution in [1.29, 1.82) is 0 Å². The fourth-order valence-corrected chi connectivity index (χ4v) is 2.26. The molecule has 134 valence electrons. The van der Waals surface area contributed by atoms with E-state index in [2.05, 4.69) is 10.6 Å². The van der Waals surface area contributed by atoms with Gasteiger partial charge < -0.3 is 20.1 Å². The highest BCUT2D eigenvalue weighted by Gasteiger charge is 2.16. The average molecular weight is 346 g/mol. The average Bonchev–Trinajstić information content (AvgIpc) is 2.64. The van der Waals surface area contributed by atoms with Crippen LogP contribution in [0.3, 0.4) is 0 Å². The molecule has 0 aliphatic heterocycles. The Balaban J connectivity index is 1.96. The standard InChI is InChI=1S/C19H23FN2O3/c1-24-12-11-21-13-19(23)22-17(15-7-3-2-4-8-15)14-25-18-10-6-5-9-16(18)20/h2-10,17,21H,11-14H2,1H3,(H,22,23). The summed E-state index contributed by atoms with van der Waals surface area (Å²) >= 11 is 0. The first kappa shape index (κ1) is 18.9. The van der Waals surface area contributed by atoms with E-state index in [-0.39, 0.29) is 30.9 Å². The number of halogens is 1. The molecule has 0 aliphatic rings. The van der Waals surface area contributed by atoms with Crippen molar-refractivity contribution in [3.8, 4) is 5.75 Å². The highest BCUT2D eigenvalue weighted by molar-refractivity contribution is 5.78. The summed E-state index contributed by atoms with van der Waals surface area (Å²) in [6, 6.07) is 15.3. The van der Waals surface area contributed by atoms with E-state index in [4.69, 9.17) is 9.47 Å². The molecule has 0 aliphatic carbocycles. The van der Waals surface area contributed by atoms with Crippen molar-refractivity contribution in [2.24, 2.45) is 0 Å². The number of carbonyl (C=O) groups is 1. The molecular formula is C19H23FN2O3. The molecule has 0 fully saturated rings. The minimum Gasteiger partial charge on any atom is -0.488 e. The van der Waals surface area contributed by atoms with E-state index in [1.807, 2.05) is 30.3 Å². The SMILES string of the molecule is COCCNCC(=O)NC(COc1ccccc1F)c1ccccc1. The number of hydrogen-bond acceptors (Lipinski definition) is 4. The van der Waals surface area contributed by atoms with Crippen LogP contribution in [0.15, 0.2) is 54.6 Å². The van der Waals surface area contributed by atoms with Crippen molar-refractivity contribution in [2.45, 2.75) is 6.04 Å². The summed E-state index contributed by atoms with van der Waals surface area (Å²) in [5.74, 6) is -0.431. The molecule has 0 saturated carbocycles. The number of amides is 1. The summed E-state index contributed by atoms with van der Waals surface area (Å²) in [7, 11) is 1.60. The minimum atomic E-state index is -0.429. The highest BCUT2D eigenvalue weighted by atomic mass is 19.1. The Labute approximate surface area is 147 Å². The fourth-order valence-electron chi connectivity index (χ4n) is 2.26. The first-order chi connectivity index (χ1) is 12.2. The van der Waals surface area contributed by atoms with Crippen LogP contribution in [-0.2, 0) is 9.53 Å². The Hall–Kier alpha value is -2.44. The van der Waals surface area contributed by atoms with Gasteiger partial charge in [-0.3, -0.25) is 4.79 Å². The van der Waals surface area contributed by atoms with Crippen LogP contribution in [0.4, 0.5) is 4.39 Å². The molecule has 25 heavy (non-hydrogen) atoms. The predicted octanol–water partition coefficient (Wildman–Crippen LogP) is 2.30. The third-order valence-electron chi connectivity index (χ3n) is 3.55. The van der Waals surface area contributed by atoms with Gasteiger partial charge in [0.2, 0.25) is 5.91 Å². The molecule has 1 amide bonds. The van der Waals surface area contributed by atoms with Crippen LogP contribution in [0, 0.1) is 5.82 Å². The molecule has 0 bridgehead atoms. The van der Waals surface area contributed by atoms with Crippen LogP contribution >= 0.6 is 0 Å². The van der Waals surface area contributed by atoms with E-state index in [9.17, 15) is 9.18 Å². The molecule has 0 aromatic heterocycles. The first-order valence-corrected chi connectivity index (χ1v) is 8.12. The largest absolute Gasteiger partial charge is 0.488 e. The molecule has 2 N–H and O–H groups in total. The summed E-state index contributed by atoms with van der Waals surface area (Å²) in [6.45, 7) is 1.43. The van der Waals surface area contributed by atoms with Crippen LogP contribution in [0.5, 0.6) is 5.75 Å². The zero-order chi connectivity index (χ0) is 17.9. The number of benzene rings is 2. The quantitative estimate of drug-likeness (QED) is 0.648. The number of rotatable bonds is 10. The summed E-state index contributed by atoms with van der Waals surface area (Å²) in [5.41, 5.74) is 0.893. The number of para-hydroxylation sites is 1. The van der Waals surface area contributed by atoms with Crippen molar-refractivity contribution in [1.82, 2.24) is 10.6 Å². The van der Waals surface area contributed by atoms with E-state index in [0.717, 1.165) is 5.56 Å². The van der Waals surface area contributed by atoms with Crippen molar-refractivity contribution in [3.05, 3.63) is 66.0 Å². The predicted molar refractivity (Wildman–Crippen MR) is 94.0 cm³/mol. The molecule has 1 atom stereocenters. The van der Waals surface area contributed by atoms with E-state index in [1.165, 1.54) is 6.07 Å². The fraction of sp³-hybridized carbons (Fsp3) is 0.316. The molecule has 6 heteroatoms. The van der Waals surface area contributed by atoms with Gasteiger partial charge >= 0.3 is 0 Å². The van der Waals surface area contributed by atoms with Gasteiger partial charge in [0, 0.05) is 13.7 Å². The lowest BCUT2D eigenvalue weighted by molar-refractivity contribution is -0.121. The van der Waals surface area contributed by atoms with Gasteiger partial charge in [-0.25, -0.2) is 4.39 Å². The van der Waals surface area contributed by atoms with Crippen LogP contribution in [0.25, 0.3) is 0 Å². The second-order valence-electron chi connectivity index (χ2n) is 5.44. The maximum atomic E-state index is 13.7. The molecule has 0 heterocycles. The smallest absolute Gasteiger partial charge is 0.234 e. The van der Waals surface area contributed by atoms with Crippen molar-refractivity contribution in [2.75, 3.05) is 33.4 Å². The number of carbonyl (C=O) groups excluding carboxylic acids is 1. The van der Waals surface area contributed by atoms with Crippen molar-refractivity contribution < 1.29 is 18.7 Å². The lowest BCUT2D eigenvalue weighted by Crippen LogP contribution is -2.39. The number of ether oxygens (including phenoxy) is 2. The maximum Gasteiger partial charge on any atom is 0.234 e. The third kappa shape index (κ3) is 6.52. The van der Waals surface area contributed by atoms with Gasteiger partial charge in [-0.1, -0.05) is 42.5 Å². The Morgan fingerprint density at radius 1 is 1.12 bits per heavy atom. The van der Waals surface area contributed by atoms with Gasteiger partial charge in [-0.15, -0.1) is 0 Å². The zero-order valence-electron chi connectivity index (χ0n) is 14.2. The second kappa shape index (κ2) is 10.4. The summed E-state index contributed by atoms with van der Waals surface area (Å²) in [4.78, 5) is 12.1. The molecule has 2 aromatic rings. The molecule has 2 aromatic carbocycles. The van der Waals surface area contributed by atoms with Gasteiger partial charge in [-0.2, -0.15) is 0 Å². The van der Waals surface area contributed by atoms with Gasteiger partial charge in [0.1, 0.15) is 6.61 Å². The third-order valence-corrected chi connectivity index (χ3v) is 3.55. The van der Waals surface area contributed by atoms with E-state index in [0.29, 0.717) is 13.2 Å². The lowest BCUT2D eigenvalue weighted by Gasteiger charge is -2.20. The molecule has 1 unspecified atom stereocenters. The number of nitrogens with one attached hydrogen (secondary N) is 2. The highest BCUT2D eigenvalue weighted by Crippen LogP contribution is 2.19. The van der Waals surface area contributed by atoms with E-state index >= 15 is 0 Å². The Bertz CT molecular complexity index is 652. The monoisotopic (exact) mass is 346 g/mol. The van der Waals surface area contributed by atoms with E-state index < -0.39 is 5.82 Å².